The van der Waals surface area contributed by atoms with Crippen LogP contribution in [0.2, 0.25) is 0 Å². The van der Waals surface area contributed by atoms with Gasteiger partial charge in [0.15, 0.2) is 0 Å². The average Bonchev–Trinajstić information content (AvgIpc) is 2.95. The number of fused-ring (bicyclic) bond motifs is 1. The molecule has 1 amide bonds. The van der Waals surface area contributed by atoms with Gasteiger partial charge in [0, 0.05) is 55.5 Å². The summed E-state index contributed by atoms with van der Waals surface area (Å²) in [5, 5.41) is 10.4. The minimum Gasteiger partial charge on any atom is -0.396 e. The fraction of sp³-hybridized carbons (Fsp3) is 0.450. The van der Waals surface area contributed by atoms with Gasteiger partial charge in [0.1, 0.15) is 0 Å². The minimum atomic E-state index is 0.0513. The molecule has 128 valence electrons. The number of aliphatic hydroxyl groups excluding tert-OH is 1. The molecule has 0 aliphatic heterocycles. The van der Waals surface area contributed by atoms with Gasteiger partial charge < -0.3 is 14.6 Å². The third-order valence-corrected chi connectivity index (χ3v) is 5.30. The van der Waals surface area contributed by atoms with Gasteiger partial charge in [-0.15, -0.1) is 0 Å². The van der Waals surface area contributed by atoms with Gasteiger partial charge in [-0.1, -0.05) is 18.2 Å². The van der Waals surface area contributed by atoms with E-state index >= 15 is 0 Å². The van der Waals surface area contributed by atoms with E-state index in [1.807, 2.05) is 37.2 Å². The number of likely N-dealkylation sites (N-methyl/N-ethyl adjacent to an activating group) is 1. The maximum Gasteiger partial charge on any atom is 0.246 e. The van der Waals surface area contributed by atoms with Crippen LogP contribution in [0, 0.1) is 5.92 Å². The summed E-state index contributed by atoms with van der Waals surface area (Å²) in [6.45, 7) is 0.269. The van der Waals surface area contributed by atoms with Crippen molar-refractivity contribution >= 4 is 22.9 Å². The van der Waals surface area contributed by atoms with Crippen molar-refractivity contribution < 1.29 is 9.90 Å². The number of carbonyl (C=O) groups is 1. The highest BCUT2D eigenvalue weighted by molar-refractivity contribution is 5.96. The second-order valence-electron chi connectivity index (χ2n) is 6.85. The van der Waals surface area contributed by atoms with Crippen molar-refractivity contribution in [3.05, 3.63) is 42.1 Å². The molecule has 1 fully saturated rings. The topological polar surface area (TPSA) is 45.5 Å². The van der Waals surface area contributed by atoms with E-state index in [2.05, 4.69) is 22.9 Å². The molecule has 0 bridgehead atoms. The number of nitrogens with zero attached hydrogens (tertiary/aromatic N) is 2. The molecule has 0 unspecified atom stereocenters. The van der Waals surface area contributed by atoms with Crippen LogP contribution in [0.15, 0.2) is 36.5 Å². The first-order valence-corrected chi connectivity index (χ1v) is 8.70. The Bertz CT molecular complexity index is 739. The molecule has 4 nitrogen and oxygen atoms in total. The lowest BCUT2D eigenvalue weighted by Gasteiger charge is -2.33. The second-order valence-corrected chi connectivity index (χ2v) is 6.85. The molecule has 0 saturated heterocycles. The van der Waals surface area contributed by atoms with Crippen LogP contribution in [0.4, 0.5) is 0 Å². The van der Waals surface area contributed by atoms with E-state index in [0.717, 1.165) is 36.6 Å². The van der Waals surface area contributed by atoms with Gasteiger partial charge in [-0.3, -0.25) is 4.79 Å². The molecule has 1 aromatic heterocycles. The largest absolute Gasteiger partial charge is 0.396 e. The van der Waals surface area contributed by atoms with Crippen molar-refractivity contribution in [3.8, 4) is 0 Å². The van der Waals surface area contributed by atoms with E-state index in [0.29, 0.717) is 5.92 Å². The molecule has 1 heterocycles. The summed E-state index contributed by atoms with van der Waals surface area (Å²) >= 11 is 0. The summed E-state index contributed by atoms with van der Waals surface area (Å²) in [5.74, 6) is 0.464. The SMILES string of the molecule is CN(C(=O)/C=C/c1cn(C)c2ccccc12)C1CCC(CO)CC1. The van der Waals surface area contributed by atoms with E-state index in [9.17, 15) is 9.90 Å². The highest BCUT2D eigenvalue weighted by atomic mass is 16.3. The lowest BCUT2D eigenvalue weighted by Crippen LogP contribution is -2.39. The zero-order chi connectivity index (χ0) is 17.1. The monoisotopic (exact) mass is 326 g/mol. The van der Waals surface area contributed by atoms with Gasteiger partial charge in [-0.25, -0.2) is 0 Å². The van der Waals surface area contributed by atoms with E-state index in [1.165, 1.54) is 5.52 Å². The average molecular weight is 326 g/mol. The normalized spacial score (nSPS) is 21.5. The predicted molar refractivity (Wildman–Crippen MR) is 97.6 cm³/mol. The molecule has 1 N–H and O–H groups in total. The van der Waals surface area contributed by atoms with E-state index in [4.69, 9.17) is 0 Å². The van der Waals surface area contributed by atoms with Crippen molar-refractivity contribution in [1.29, 1.82) is 0 Å². The number of hydrogen-bond donors (Lipinski definition) is 1. The number of aromatic nitrogens is 1. The molecule has 24 heavy (non-hydrogen) atoms. The van der Waals surface area contributed by atoms with Crippen molar-refractivity contribution in [3.63, 3.8) is 0 Å². The lowest BCUT2D eigenvalue weighted by molar-refractivity contribution is -0.127. The third kappa shape index (κ3) is 3.39. The van der Waals surface area contributed by atoms with Crippen LogP contribution in [0.3, 0.4) is 0 Å². The smallest absolute Gasteiger partial charge is 0.246 e. The van der Waals surface area contributed by atoms with Crippen LogP contribution in [0.25, 0.3) is 17.0 Å². The Labute approximate surface area is 143 Å². The van der Waals surface area contributed by atoms with Gasteiger partial charge >= 0.3 is 0 Å². The van der Waals surface area contributed by atoms with E-state index in [-0.39, 0.29) is 18.6 Å². The summed E-state index contributed by atoms with van der Waals surface area (Å²) in [4.78, 5) is 14.3. The Balaban J connectivity index is 1.68. The number of benzene rings is 1. The molecular weight excluding hydrogens is 300 g/mol. The van der Waals surface area contributed by atoms with Crippen molar-refractivity contribution in [2.75, 3.05) is 13.7 Å². The Hall–Kier alpha value is -2.07. The van der Waals surface area contributed by atoms with Gasteiger partial charge in [-0.2, -0.15) is 0 Å². The minimum absolute atomic E-state index is 0.0513. The van der Waals surface area contributed by atoms with Crippen LogP contribution < -0.4 is 0 Å². The maximum atomic E-state index is 12.5. The van der Waals surface area contributed by atoms with Gasteiger partial charge in [0.2, 0.25) is 5.91 Å². The highest BCUT2D eigenvalue weighted by Gasteiger charge is 2.25. The Morgan fingerprint density at radius 2 is 2.00 bits per heavy atom. The fourth-order valence-corrected chi connectivity index (χ4v) is 3.68. The number of carbonyl (C=O) groups excluding carboxylic acids is 1. The molecule has 3 rings (SSSR count). The molecule has 1 aliphatic carbocycles. The molecule has 0 radical (unpaired) electrons. The fourth-order valence-electron chi connectivity index (χ4n) is 3.68. The third-order valence-electron chi connectivity index (χ3n) is 5.30. The molecule has 0 spiro atoms. The molecule has 4 heteroatoms. The zero-order valence-corrected chi connectivity index (χ0v) is 14.5. The number of aryl methyl sites for hydroxylation is 1. The number of rotatable bonds is 4. The van der Waals surface area contributed by atoms with E-state index in [1.54, 1.807) is 6.08 Å². The zero-order valence-electron chi connectivity index (χ0n) is 14.5. The van der Waals surface area contributed by atoms with Crippen LogP contribution in [-0.4, -0.2) is 40.2 Å². The van der Waals surface area contributed by atoms with Gasteiger partial charge in [0.05, 0.1) is 0 Å². The summed E-state index contributed by atoms with van der Waals surface area (Å²) in [6.07, 6.45) is 9.63. The number of aliphatic hydroxyl groups is 1. The van der Waals surface area contributed by atoms with Gasteiger partial charge in [0.25, 0.3) is 0 Å². The van der Waals surface area contributed by atoms with Crippen molar-refractivity contribution in [2.45, 2.75) is 31.7 Å². The molecule has 2 aromatic rings. The number of para-hydroxylation sites is 1. The molecular formula is C20H26N2O2. The second kappa shape index (κ2) is 7.22. The summed E-state index contributed by atoms with van der Waals surface area (Å²) in [5.41, 5.74) is 2.24. The summed E-state index contributed by atoms with van der Waals surface area (Å²) in [7, 11) is 3.91. The quantitative estimate of drug-likeness (QED) is 0.877. The number of amides is 1. The van der Waals surface area contributed by atoms with Crippen LogP contribution >= 0.6 is 0 Å². The lowest BCUT2D eigenvalue weighted by atomic mass is 9.86. The molecule has 0 atom stereocenters. The van der Waals surface area contributed by atoms with Crippen molar-refractivity contribution in [1.82, 2.24) is 9.47 Å². The summed E-state index contributed by atoms with van der Waals surface area (Å²) in [6, 6.07) is 8.50. The van der Waals surface area contributed by atoms with Crippen LogP contribution in [0.5, 0.6) is 0 Å². The van der Waals surface area contributed by atoms with Crippen molar-refractivity contribution in [2.24, 2.45) is 13.0 Å². The first kappa shape index (κ1) is 16.8. The molecule has 1 aromatic carbocycles. The Kier molecular flexibility index (Phi) is 5.05. The Morgan fingerprint density at radius 1 is 1.29 bits per heavy atom. The predicted octanol–water partition coefficient (Wildman–Crippen LogP) is 3.20. The maximum absolute atomic E-state index is 12.5. The molecule has 1 saturated carbocycles. The van der Waals surface area contributed by atoms with Crippen LogP contribution in [-0.2, 0) is 11.8 Å². The van der Waals surface area contributed by atoms with Gasteiger partial charge in [-0.05, 0) is 43.7 Å². The highest BCUT2D eigenvalue weighted by Crippen LogP contribution is 2.27. The van der Waals surface area contributed by atoms with E-state index < -0.39 is 0 Å². The molecule has 1 aliphatic rings. The Morgan fingerprint density at radius 3 is 2.71 bits per heavy atom. The number of hydrogen-bond acceptors (Lipinski definition) is 2. The standard InChI is InChI=1S/C20H26N2O2/c1-21-13-16(18-5-3-4-6-19(18)21)9-12-20(24)22(2)17-10-7-15(14-23)8-11-17/h3-6,9,12-13,15,17,23H,7-8,10-11,14H2,1-2H3/b12-9+. The first-order chi connectivity index (χ1) is 11.6. The first-order valence-electron chi connectivity index (χ1n) is 8.70. The van der Waals surface area contributed by atoms with Crippen LogP contribution in [0.1, 0.15) is 31.2 Å². The summed E-state index contributed by atoms with van der Waals surface area (Å²) < 4.78 is 2.08.